The number of nitrogens with zero attached hydrogens (tertiary/aromatic N) is 3. The van der Waals surface area contributed by atoms with Crippen LogP contribution in [0.2, 0.25) is 0 Å². The monoisotopic (exact) mass is 474 g/mol. The zero-order valence-electron chi connectivity index (χ0n) is 19.2. The van der Waals surface area contributed by atoms with Crippen molar-refractivity contribution in [3.63, 3.8) is 0 Å². The third kappa shape index (κ3) is 4.63. The molecule has 3 amide bonds. The number of imide groups is 1. The maximum absolute atomic E-state index is 13.0. The van der Waals surface area contributed by atoms with E-state index in [1.54, 1.807) is 12.1 Å². The summed E-state index contributed by atoms with van der Waals surface area (Å²) < 4.78 is 11.5. The van der Waals surface area contributed by atoms with Gasteiger partial charge >= 0.3 is 0 Å². The van der Waals surface area contributed by atoms with Gasteiger partial charge in [-0.2, -0.15) is 5.26 Å². The third-order valence-corrected chi connectivity index (χ3v) is 6.76. The van der Waals surface area contributed by atoms with Gasteiger partial charge in [0.2, 0.25) is 11.8 Å². The van der Waals surface area contributed by atoms with Crippen LogP contribution in [0.25, 0.3) is 0 Å². The molecule has 2 fully saturated rings. The van der Waals surface area contributed by atoms with Crippen molar-refractivity contribution in [2.24, 2.45) is 0 Å². The zero-order valence-corrected chi connectivity index (χ0v) is 19.2. The first-order valence-electron chi connectivity index (χ1n) is 11.7. The highest BCUT2D eigenvalue weighted by molar-refractivity contribution is 6.05. The van der Waals surface area contributed by atoms with Gasteiger partial charge in [0.25, 0.3) is 5.91 Å². The van der Waals surface area contributed by atoms with Crippen LogP contribution in [0.3, 0.4) is 0 Å². The molecule has 9 heteroatoms. The molecule has 3 aliphatic heterocycles. The van der Waals surface area contributed by atoms with Crippen molar-refractivity contribution < 1.29 is 23.9 Å². The largest absolute Gasteiger partial charge is 0.489 e. The van der Waals surface area contributed by atoms with Gasteiger partial charge in [0, 0.05) is 30.6 Å². The van der Waals surface area contributed by atoms with Crippen molar-refractivity contribution in [2.45, 2.75) is 38.1 Å². The van der Waals surface area contributed by atoms with Crippen LogP contribution in [0.1, 0.15) is 45.9 Å². The van der Waals surface area contributed by atoms with Gasteiger partial charge in [-0.25, -0.2) is 0 Å². The third-order valence-electron chi connectivity index (χ3n) is 6.76. The number of ether oxygens (including phenoxy) is 2. The van der Waals surface area contributed by atoms with Crippen molar-refractivity contribution in [2.75, 3.05) is 26.3 Å². The molecule has 9 nitrogen and oxygen atoms in total. The Morgan fingerprint density at radius 2 is 1.89 bits per heavy atom. The van der Waals surface area contributed by atoms with E-state index in [4.69, 9.17) is 9.47 Å². The second kappa shape index (κ2) is 9.86. The lowest BCUT2D eigenvalue weighted by Crippen LogP contribution is -2.52. The molecule has 2 unspecified atom stereocenters. The summed E-state index contributed by atoms with van der Waals surface area (Å²) in [5.41, 5.74) is 3.14. The smallest absolute Gasteiger partial charge is 0.255 e. The Kier molecular flexibility index (Phi) is 6.49. The van der Waals surface area contributed by atoms with Crippen LogP contribution in [0.5, 0.6) is 5.75 Å². The molecule has 0 spiro atoms. The SMILES string of the molecule is N#CC(c1ccc(COc2cccc3c2CN(C2CCC(=O)NC2=O)C3=O)cc1)N1CCOCC1. The highest BCUT2D eigenvalue weighted by Crippen LogP contribution is 2.34. The Balaban J connectivity index is 1.26. The Bertz CT molecular complexity index is 1180. The summed E-state index contributed by atoms with van der Waals surface area (Å²) in [6, 6.07) is 14.5. The van der Waals surface area contributed by atoms with E-state index in [1.165, 1.54) is 4.90 Å². The standard InChI is InChI=1S/C26H26N4O5/c27-14-22(29-10-12-34-13-11-29)18-6-4-17(5-7-18)16-35-23-3-1-2-19-20(23)15-30(26(19)33)21-8-9-24(31)28-25(21)32/h1-7,21-22H,8-13,15-16H2,(H,28,31,32). The molecule has 0 radical (unpaired) electrons. The van der Waals surface area contributed by atoms with Gasteiger partial charge in [-0.15, -0.1) is 0 Å². The Morgan fingerprint density at radius 1 is 1.11 bits per heavy atom. The number of nitriles is 1. The maximum Gasteiger partial charge on any atom is 0.255 e. The van der Waals surface area contributed by atoms with Gasteiger partial charge in [0.15, 0.2) is 0 Å². The molecule has 0 aromatic heterocycles. The number of carbonyl (C=O) groups excluding carboxylic acids is 3. The lowest BCUT2D eigenvalue weighted by Gasteiger charge is -2.30. The number of hydrogen-bond donors (Lipinski definition) is 1. The number of fused-ring (bicyclic) bond motifs is 1. The van der Waals surface area contributed by atoms with Gasteiger partial charge in [0.05, 0.1) is 25.8 Å². The summed E-state index contributed by atoms with van der Waals surface area (Å²) >= 11 is 0. The van der Waals surface area contributed by atoms with Crippen LogP contribution in [-0.4, -0.2) is 59.9 Å². The summed E-state index contributed by atoms with van der Waals surface area (Å²) in [6.07, 6.45) is 0.537. The topological polar surface area (TPSA) is 112 Å². The number of amides is 3. The molecule has 2 aromatic rings. The van der Waals surface area contributed by atoms with Crippen LogP contribution in [-0.2, 0) is 27.5 Å². The van der Waals surface area contributed by atoms with E-state index in [2.05, 4.69) is 16.3 Å². The van der Waals surface area contributed by atoms with E-state index in [0.29, 0.717) is 37.6 Å². The van der Waals surface area contributed by atoms with Gasteiger partial charge in [-0.05, 0) is 29.7 Å². The number of rotatable bonds is 6. The minimum Gasteiger partial charge on any atom is -0.489 e. The maximum atomic E-state index is 13.0. The van der Waals surface area contributed by atoms with Crippen molar-refractivity contribution in [1.29, 1.82) is 5.26 Å². The Hall–Kier alpha value is -3.74. The molecule has 1 N–H and O–H groups in total. The summed E-state index contributed by atoms with van der Waals surface area (Å²) in [6.45, 7) is 3.30. The number of benzene rings is 2. The normalized spacial score (nSPS) is 21.3. The lowest BCUT2D eigenvalue weighted by molar-refractivity contribution is -0.136. The lowest BCUT2D eigenvalue weighted by atomic mass is 10.0. The molecule has 0 bridgehead atoms. The Labute approximate surface area is 203 Å². The minimum absolute atomic E-state index is 0.216. The highest BCUT2D eigenvalue weighted by atomic mass is 16.5. The first-order chi connectivity index (χ1) is 17.0. The van der Waals surface area contributed by atoms with Gasteiger partial charge in [-0.1, -0.05) is 30.3 Å². The van der Waals surface area contributed by atoms with Crippen LogP contribution in [0, 0.1) is 11.3 Å². The second-order valence-electron chi connectivity index (χ2n) is 8.89. The van der Waals surface area contributed by atoms with Crippen molar-refractivity contribution in [3.8, 4) is 11.8 Å². The molecule has 2 saturated heterocycles. The van der Waals surface area contributed by atoms with Crippen LogP contribution >= 0.6 is 0 Å². The summed E-state index contributed by atoms with van der Waals surface area (Å²) in [4.78, 5) is 40.4. The summed E-state index contributed by atoms with van der Waals surface area (Å²) in [5.74, 6) is -0.373. The first kappa shape index (κ1) is 23.0. The van der Waals surface area contributed by atoms with Crippen LogP contribution in [0.15, 0.2) is 42.5 Å². The number of piperidine rings is 1. The van der Waals surface area contributed by atoms with E-state index in [0.717, 1.165) is 29.8 Å². The fourth-order valence-electron chi connectivity index (χ4n) is 4.85. The average molecular weight is 475 g/mol. The second-order valence-corrected chi connectivity index (χ2v) is 8.89. The minimum atomic E-state index is -0.660. The molecule has 5 rings (SSSR count). The highest BCUT2D eigenvalue weighted by Gasteiger charge is 2.40. The van der Waals surface area contributed by atoms with Crippen LogP contribution in [0.4, 0.5) is 0 Å². The number of hydrogen-bond acceptors (Lipinski definition) is 7. The summed E-state index contributed by atoms with van der Waals surface area (Å²) in [7, 11) is 0. The first-order valence-corrected chi connectivity index (χ1v) is 11.7. The van der Waals surface area contributed by atoms with Crippen molar-refractivity contribution in [3.05, 3.63) is 64.7 Å². The molecule has 180 valence electrons. The predicted octanol–water partition coefficient (Wildman–Crippen LogP) is 1.92. The summed E-state index contributed by atoms with van der Waals surface area (Å²) in [5, 5.41) is 12.0. The Morgan fingerprint density at radius 3 is 2.60 bits per heavy atom. The van der Waals surface area contributed by atoms with Gasteiger partial charge in [0.1, 0.15) is 24.4 Å². The van der Waals surface area contributed by atoms with E-state index < -0.39 is 11.9 Å². The van der Waals surface area contributed by atoms with E-state index >= 15 is 0 Å². The molecule has 35 heavy (non-hydrogen) atoms. The van der Waals surface area contributed by atoms with E-state index in [1.807, 2.05) is 30.3 Å². The van der Waals surface area contributed by atoms with Crippen molar-refractivity contribution in [1.82, 2.24) is 15.1 Å². The van der Waals surface area contributed by atoms with Crippen LogP contribution < -0.4 is 10.1 Å². The fourth-order valence-corrected chi connectivity index (χ4v) is 4.85. The van der Waals surface area contributed by atoms with E-state index in [9.17, 15) is 19.6 Å². The zero-order chi connectivity index (χ0) is 24.4. The average Bonchev–Trinajstić information content (AvgIpc) is 3.21. The fraction of sp³-hybridized carbons (Fsp3) is 0.385. The number of nitrogens with one attached hydrogen (secondary N) is 1. The van der Waals surface area contributed by atoms with Crippen molar-refractivity contribution >= 4 is 17.7 Å². The van der Waals surface area contributed by atoms with Gasteiger partial charge < -0.3 is 14.4 Å². The quantitative estimate of drug-likeness (QED) is 0.637. The molecular weight excluding hydrogens is 448 g/mol. The number of morpholine rings is 1. The molecule has 2 atom stereocenters. The molecule has 0 aliphatic carbocycles. The molecule has 3 heterocycles. The molecule has 2 aromatic carbocycles. The molecule has 0 saturated carbocycles. The molecular formula is C26H26N4O5. The van der Waals surface area contributed by atoms with E-state index in [-0.39, 0.29) is 30.8 Å². The molecule has 3 aliphatic rings. The number of carbonyl (C=O) groups is 3. The predicted molar refractivity (Wildman–Crippen MR) is 124 cm³/mol. The van der Waals surface area contributed by atoms with Gasteiger partial charge in [-0.3, -0.25) is 24.6 Å².